The van der Waals surface area contributed by atoms with Gasteiger partial charge < -0.3 is 29.7 Å². The molecular formula is C20H23ClN3O5+. The standard InChI is InChI=1S/C20H22ClN3O5/c1-12(20(26)22-14-5-7-17-18(9-14)29-11-28-17)24(2)10-19(25)23-15-8-13(21)4-6-16(15)27-3/h4-9,12H,10-11H2,1-3H3,(H,22,26)(H,23,25)/p+1/t12-/m0/s1. The molecule has 1 aliphatic rings. The van der Waals surface area contributed by atoms with Gasteiger partial charge >= 0.3 is 0 Å². The second-order valence-electron chi connectivity index (χ2n) is 6.69. The number of hydrogen-bond acceptors (Lipinski definition) is 5. The van der Waals surface area contributed by atoms with Gasteiger partial charge in [0, 0.05) is 16.8 Å². The van der Waals surface area contributed by atoms with Crippen LogP contribution in [0.15, 0.2) is 36.4 Å². The normalized spacial score (nSPS) is 14.1. The van der Waals surface area contributed by atoms with Gasteiger partial charge in [-0.1, -0.05) is 11.6 Å². The van der Waals surface area contributed by atoms with Gasteiger partial charge in [-0.05, 0) is 37.3 Å². The van der Waals surface area contributed by atoms with E-state index in [0.717, 1.165) is 4.90 Å². The summed E-state index contributed by atoms with van der Waals surface area (Å²) in [6, 6.07) is 9.69. The molecule has 9 heteroatoms. The summed E-state index contributed by atoms with van der Waals surface area (Å²) in [5, 5.41) is 6.09. The van der Waals surface area contributed by atoms with E-state index in [1.165, 1.54) is 7.11 Å². The Morgan fingerprint density at radius 2 is 1.93 bits per heavy atom. The van der Waals surface area contributed by atoms with Crippen LogP contribution in [-0.4, -0.2) is 45.4 Å². The van der Waals surface area contributed by atoms with E-state index in [0.29, 0.717) is 33.6 Å². The Balaban J connectivity index is 1.56. The van der Waals surface area contributed by atoms with E-state index >= 15 is 0 Å². The van der Waals surface area contributed by atoms with Crippen molar-refractivity contribution in [1.29, 1.82) is 0 Å². The molecule has 0 bridgehead atoms. The third-order valence-corrected chi connectivity index (χ3v) is 4.88. The van der Waals surface area contributed by atoms with Crippen LogP contribution in [0.3, 0.4) is 0 Å². The number of halogens is 1. The third kappa shape index (κ3) is 5.10. The lowest BCUT2D eigenvalue weighted by Crippen LogP contribution is -3.14. The molecule has 1 unspecified atom stereocenters. The van der Waals surface area contributed by atoms with Crippen molar-refractivity contribution < 1.29 is 28.7 Å². The molecule has 3 N–H and O–H groups in total. The summed E-state index contributed by atoms with van der Waals surface area (Å²) in [5.74, 6) is 1.27. The zero-order valence-electron chi connectivity index (χ0n) is 16.4. The monoisotopic (exact) mass is 420 g/mol. The smallest absolute Gasteiger partial charge is 0.282 e. The van der Waals surface area contributed by atoms with E-state index in [4.69, 9.17) is 25.8 Å². The van der Waals surface area contributed by atoms with Gasteiger partial charge in [0.25, 0.3) is 11.8 Å². The maximum atomic E-state index is 12.6. The molecule has 2 aromatic carbocycles. The quantitative estimate of drug-likeness (QED) is 0.632. The number of carbonyl (C=O) groups excluding carboxylic acids is 2. The van der Waals surface area contributed by atoms with Crippen LogP contribution in [-0.2, 0) is 9.59 Å². The summed E-state index contributed by atoms with van der Waals surface area (Å²) in [6.07, 6.45) is 0. The molecule has 2 atom stereocenters. The first kappa shape index (κ1) is 20.8. The Labute approximate surface area is 173 Å². The summed E-state index contributed by atoms with van der Waals surface area (Å²) < 4.78 is 15.8. The Bertz CT molecular complexity index is 921. The number of carbonyl (C=O) groups is 2. The van der Waals surface area contributed by atoms with Crippen molar-refractivity contribution >= 4 is 34.8 Å². The van der Waals surface area contributed by atoms with E-state index in [2.05, 4.69) is 10.6 Å². The number of nitrogens with one attached hydrogen (secondary N) is 3. The van der Waals surface area contributed by atoms with Crippen LogP contribution >= 0.6 is 11.6 Å². The van der Waals surface area contributed by atoms with Crippen molar-refractivity contribution in [2.75, 3.05) is 38.1 Å². The minimum Gasteiger partial charge on any atom is -0.495 e. The van der Waals surface area contributed by atoms with Gasteiger partial charge in [-0.25, -0.2) is 0 Å². The maximum absolute atomic E-state index is 12.6. The first-order valence-corrected chi connectivity index (χ1v) is 9.41. The van der Waals surface area contributed by atoms with Gasteiger partial charge in [0.15, 0.2) is 24.1 Å². The second-order valence-corrected chi connectivity index (χ2v) is 7.13. The molecule has 154 valence electrons. The number of amides is 2. The molecule has 2 aromatic rings. The lowest BCUT2D eigenvalue weighted by atomic mass is 10.2. The summed E-state index contributed by atoms with van der Waals surface area (Å²) in [4.78, 5) is 25.7. The van der Waals surface area contributed by atoms with Crippen LogP contribution in [0.2, 0.25) is 5.02 Å². The zero-order valence-corrected chi connectivity index (χ0v) is 17.1. The van der Waals surface area contributed by atoms with Gasteiger partial charge in [0.1, 0.15) is 5.75 Å². The van der Waals surface area contributed by atoms with Crippen LogP contribution in [0, 0.1) is 0 Å². The fraction of sp³-hybridized carbons (Fsp3) is 0.300. The first-order chi connectivity index (χ1) is 13.9. The van der Waals surface area contributed by atoms with Crippen LogP contribution in [0.1, 0.15) is 6.92 Å². The minimum absolute atomic E-state index is 0.0887. The molecule has 0 saturated heterocycles. The highest BCUT2D eigenvalue weighted by Gasteiger charge is 2.25. The highest BCUT2D eigenvalue weighted by atomic mass is 35.5. The second kappa shape index (κ2) is 9.02. The summed E-state index contributed by atoms with van der Waals surface area (Å²) in [7, 11) is 3.29. The van der Waals surface area contributed by atoms with Crippen LogP contribution in [0.4, 0.5) is 11.4 Å². The van der Waals surface area contributed by atoms with E-state index in [9.17, 15) is 9.59 Å². The molecule has 0 aromatic heterocycles. The molecular weight excluding hydrogens is 398 g/mol. The molecule has 29 heavy (non-hydrogen) atoms. The van der Waals surface area contributed by atoms with Gasteiger partial charge in [0.05, 0.1) is 19.8 Å². The highest BCUT2D eigenvalue weighted by Crippen LogP contribution is 2.34. The summed E-state index contributed by atoms with van der Waals surface area (Å²) in [5.41, 5.74) is 1.09. The van der Waals surface area contributed by atoms with Gasteiger partial charge in [0.2, 0.25) is 6.79 Å². The number of methoxy groups -OCH3 is 1. The highest BCUT2D eigenvalue weighted by molar-refractivity contribution is 6.31. The average molecular weight is 421 g/mol. The van der Waals surface area contributed by atoms with Crippen molar-refractivity contribution in [3.63, 3.8) is 0 Å². The molecule has 0 aliphatic carbocycles. The van der Waals surface area contributed by atoms with Gasteiger partial charge in [-0.15, -0.1) is 0 Å². The molecule has 0 fully saturated rings. The molecule has 3 rings (SSSR count). The first-order valence-electron chi connectivity index (χ1n) is 9.03. The van der Waals surface area contributed by atoms with Gasteiger partial charge in [-0.3, -0.25) is 9.59 Å². The Kier molecular flexibility index (Phi) is 6.46. The van der Waals surface area contributed by atoms with Crippen molar-refractivity contribution in [3.8, 4) is 17.2 Å². The molecule has 2 amide bonds. The number of ether oxygens (including phenoxy) is 3. The fourth-order valence-corrected chi connectivity index (χ4v) is 3.00. The Morgan fingerprint density at radius 1 is 1.17 bits per heavy atom. The molecule has 1 heterocycles. The summed E-state index contributed by atoms with van der Waals surface area (Å²) in [6.45, 7) is 2.01. The predicted octanol–water partition coefficient (Wildman–Crippen LogP) is 1.56. The SMILES string of the molecule is COc1ccc(Cl)cc1NC(=O)C[NH+](C)[C@@H](C)C(=O)Nc1ccc2c(c1)OCO2. The van der Waals surface area contributed by atoms with Crippen LogP contribution < -0.4 is 29.7 Å². The number of fused-ring (bicyclic) bond motifs is 1. The lowest BCUT2D eigenvalue weighted by Gasteiger charge is -2.21. The molecule has 0 saturated carbocycles. The molecule has 0 radical (unpaired) electrons. The average Bonchev–Trinajstić information content (AvgIpc) is 3.15. The van der Waals surface area contributed by atoms with Crippen molar-refractivity contribution in [2.24, 2.45) is 0 Å². The number of quaternary nitrogens is 1. The van der Waals surface area contributed by atoms with Crippen LogP contribution in [0.5, 0.6) is 17.2 Å². The topological polar surface area (TPSA) is 90.3 Å². The Morgan fingerprint density at radius 3 is 2.69 bits per heavy atom. The predicted molar refractivity (Wildman–Crippen MR) is 109 cm³/mol. The minimum atomic E-state index is -0.465. The maximum Gasteiger partial charge on any atom is 0.282 e. The molecule has 1 aliphatic heterocycles. The Hall–Kier alpha value is -2.97. The number of anilines is 2. The van der Waals surface area contributed by atoms with Crippen molar-refractivity contribution in [1.82, 2.24) is 0 Å². The third-order valence-electron chi connectivity index (χ3n) is 4.65. The number of benzene rings is 2. The van der Waals surface area contributed by atoms with Gasteiger partial charge in [-0.2, -0.15) is 0 Å². The number of likely N-dealkylation sites (N-methyl/N-ethyl adjacent to an activating group) is 1. The van der Waals surface area contributed by atoms with Crippen molar-refractivity contribution in [3.05, 3.63) is 41.4 Å². The lowest BCUT2D eigenvalue weighted by molar-refractivity contribution is -0.885. The zero-order chi connectivity index (χ0) is 21.0. The molecule has 8 nitrogen and oxygen atoms in total. The number of rotatable bonds is 7. The van der Waals surface area contributed by atoms with E-state index in [1.807, 2.05) is 0 Å². The number of hydrogen-bond donors (Lipinski definition) is 3. The molecule has 0 spiro atoms. The van der Waals surface area contributed by atoms with E-state index < -0.39 is 6.04 Å². The van der Waals surface area contributed by atoms with Crippen LogP contribution in [0.25, 0.3) is 0 Å². The van der Waals surface area contributed by atoms with E-state index in [-0.39, 0.29) is 25.2 Å². The summed E-state index contributed by atoms with van der Waals surface area (Å²) >= 11 is 5.99. The van der Waals surface area contributed by atoms with Crippen molar-refractivity contribution in [2.45, 2.75) is 13.0 Å². The largest absolute Gasteiger partial charge is 0.495 e. The van der Waals surface area contributed by atoms with E-state index in [1.54, 1.807) is 50.4 Å². The fourth-order valence-electron chi connectivity index (χ4n) is 2.83.